The Hall–Kier alpha value is 0.443. The van der Waals surface area contributed by atoms with Gasteiger partial charge in [0.1, 0.15) is 0 Å². The first-order chi connectivity index (χ1) is 19.8. The predicted molar refractivity (Wildman–Crippen MR) is 192 cm³/mol. The average Bonchev–Trinajstić information content (AvgIpc) is 3.70. The molecule has 0 saturated carbocycles. The quantitative estimate of drug-likeness (QED) is 0.0528. The van der Waals surface area contributed by atoms with Crippen LogP contribution in [0.4, 0.5) is 0 Å². The van der Waals surface area contributed by atoms with Crippen LogP contribution in [0.2, 0.25) is 0 Å². The van der Waals surface area contributed by atoms with Gasteiger partial charge in [-0.1, -0.05) is 130 Å². The Kier molecular flexibility index (Phi) is 32.2. The summed E-state index contributed by atoms with van der Waals surface area (Å²) >= 11 is 0. The first-order valence-electron chi connectivity index (χ1n) is 17.7. The van der Waals surface area contributed by atoms with Gasteiger partial charge in [0.15, 0.2) is 0 Å². The Morgan fingerprint density at radius 2 is 0.683 bits per heavy atom. The first-order valence-corrected chi connectivity index (χ1v) is 21.1. The summed E-state index contributed by atoms with van der Waals surface area (Å²) < 4.78 is 0. The van der Waals surface area contributed by atoms with Gasteiger partial charge in [-0.05, 0) is 50.3 Å². The third-order valence-corrected chi connectivity index (χ3v) is 13.6. The molecule has 0 radical (unpaired) electrons. The molecular weight excluding hydrogens is 610 g/mol. The number of hydrogen-bond donors (Lipinski definition) is 0. The zero-order valence-corrected chi connectivity index (χ0v) is 32.2. The van der Waals surface area contributed by atoms with Crippen LogP contribution in [0.25, 0.3) is 0 Å². The second kappa shape index (κ2) is 31.9. The molecule has 0 unspecified atom stereocenters. The van der Waals surface area contributed by atoms with E-state index >= 15 is 0 Å². The van der Waals surface area contributed by atoms with E-state index in [1.165, 1.54) is 153 Å². The molecule has 234 valence electrons. The summed E-state index contributed by atoms with van der Waals surface area (Å²) in [6.45, 7) is 9.20. The molecule has 2 aromatic carbocycles. The second-order valence-electron chi connectivity index (χ2n) is 11.9. The maximum Gasteiger partial charge on any atom is 2.00 e. The maximum atomic E-state index is 2.36. The molecule has 0 atom stereocenters. The molecule has 0 aromatic heterocycles. The molecule has 0 bridgehead atoms. The molecule has 0 nitrogen and oxygen atoms in total. The minimum Gasteiger partial charge on any atom is -0.213 e. The molecule has 0 amide bonds. The van der Waals surface area contributed by atoms with E-state index in [1.807, 2.05) is 0 Å². The fraction of sp³-hybridized carbons (Fsp3) is 0.737. The van der Waals surface area contributed by atoms with Crippen LogP contribution in [0.1, 0.15) is 156 Å². The molecule has 0 aliphatic heterocycles. The van der Waals surface area contributed by atoms with Gasteiger partial charge in [-0.2, -0.15) is 24.3 Å². The van der Waals surface area contributed by atoms with Crippen molar-refractivity contribution in [2.24, 2.45) is 0 Å². The first kappa shape index (κ1) is 41.4. The van der Waals surface area contributed by atoms with Crippen molar-refractivity contribution in [3.8, 4) is 0 Å². The summed E-state index contributed by atoms with van der Waals surface area (Å²) in [5.41, 5.74) is 0. The Labute approximate surface area is 280 Å². The predicted octanol–water partition coefficient (Wildman–Crippen LogP) is 12.9. The van der Waals surface area contributed by atoms with Crippen LogP contribution in [0.15, 0.2) is 48.5 Å². The van der Waals surface area contributed by atoms with Gasteiger partial charge in [0.05, 0.1) is 0 Å². The smallest absolute Gasteiger partial charge is 0.213 e. The molecule has 2 aromatic rings. The topological polar surface area (TPSA) is 0 Å². The summed E-state index contributed by atoms with van der Waals surface area (Å²) in [5.74, 6) is 0. The largest absolute Gasteiger partial charge is 2.00 e. The van der Waals surface area contributed by atoms with Crippen molar-refractivity contribution in [3.05, 3.63) is 48.5 Å². The normalized spacial score (nSPS) is 11.1. The molecule has 0 spiro atoms. The van der Waals surface area contributed by atoms with Crippen molar-refractivity contribution < 1.29 is 26.2 Å². The van der Waals surface area contributed by atoms with Crippen LogP contribution in [0.3, 0.4) is 0 Å². The van der Waals surface area contributed by atoms with E-state index in [0.717, 1.165) is 0 Å². The maximum absolute atomic E-state index is 2.36. The van der Waals surface area contributed by atoms with Crippen molar-refractivity contribution in [2.75, 3.05) is 24.6 Å². The summed E-state index contributed by atoms with van der Waals surface area (Å²) in [6, 6.07) is 18.3. The summed E-state index contributed by atoms with van der Waals surface area (Å²) in [5, 5.41) is 3.32. The van der Waals surface area contributed by atoms with Crippen LogP contribution in [-0.2, 0) is 26.2 Å². The Morgan fingerprint density at radius 1 is 0.415 bits per heavy atom. The van der Waals surface area contributed by atoms with Crippen molar-refractivity contribution in [2.45, 2.75) is 156 Å². The zero-order chi connectivity index (χ0) is 28.9. The standard InChI is InChI=1S/2C19H34P.Zr/c2*1-3-5-7-9-13-17-20(19-15-11-12-16-19)18-14-10-8-6-4-2;/h2*11-12,15-16H,3-10,13-14,17-18H2,1-2H3;/q2*-1;+2. The third kappa shape index (κ3) is 23.5. The SMILES string of the molecule is CCCCCCCP(CCCCCCC)c1ccc[cH-]1.CCCCCCCP(CCCCCCC)c1ccc[cH-]1.[Zr+2]. The molecule has 0 heterocycles. The molecule has 0 fully saturated rings. The fourth-order valence-electron chi connectivity index (χ4n) is 5.51. The van der Waals surface area contributed by atoms with E-state index in [0.29, 0.717) is 0 Å². The van der Waals surface area contributed by atoms with E-state index in [2.05, 4.69) is 76.2 Å². The third-order valence-electron chi connectivity index (χ3n) is 8.15. The average molecular weight is 678 g/mol. The molecule has 3 heteroatoms. The van der Waals surface area contributed by atoms with E-state index in [-0.39, 0.29) is 42.0 Å². The van der Waals surface area contributed by atoms with Crippen LogP contribution in [0.5, 0.6) is 0 Å². The fourth-order valence-corrected chi connectivity index (χ4v) is 10.6. The van der Waals surface area contributed by atoms with Crippen molar-refractivity contribution in [1.82, 2.24) is 0 Å². The Bertz CT molecular complexity index is 618. The number of hydrogen-bond acceptors (Lipinski definition) is 0. The van der Waals surface area contributed by atoms with E-state index in [1.54, 1.807) is 10.6 Å². The Balaban J connectivity index is 0.000000762. The van der Waals surface area contributed by atoms with Crippen molar-refractivity contribution in [1.29, 1.82) is 0 Å². The molecule has 41 heavy (non-hydrogen) atoms. The van der Waals surface area contributed by atoms with Gasteiger partial charge in [0.25, 0.3) is 0 Å². The van der Waals surface area contributed by atoms with Crippen LogP contribution >= 0.6 is 15.8 Å². The summed E-state index contributed by atoms with van der Waals surface area (Å²) in [4.78, 5) is 0. The molecule has 0 N–H and O–H groups in total. The second-order valence-corrected chi connectivity index (χ2v) is 16.9. The van der Waals surface area contributed by atoms with Crippen LogP contribution < -0.4 is 10.6 Å². The van der Waals surface area contributed by atoms with Crippen LogP contribution in [-0.4, -0.2) is 24.6 Å². The number of unbranched alkanes of at least 4 members (excludes halogenated alkanes) is 16. The van der Waals surface area contributed by atoms with E-state index in [9.17, 15) is 0 Å². The summed E-state index contributed by atoms with van der Waals surface area (Å²) in [7, 11) is 0.279. The van der Waals surface area contributed by atoms with Gasteiger partial charge < -0.3 is 0 Å². The van der Waals surface area contributed by atoms with Gasteiger partial charge in [-0.15, -0.1) is 26.5 Å². The molecule has 0 aliphatic rings. The number of rotatable bonds is 26. The van der Waals surface area contributed by atoms with Crippen LogP contribution in [0, 0.1) is 0 Å². The minimum absolute atomic E-state index is 0. The van der Waals surface area contributed by atoms with Crippen molar-refractivity contribution >= 4 is 26.5 Å². The van der Waals surface area contributed by atoms with E-state index in [4.69, 9.17) is 0 Å². The van der Waals surface area contributed by atoms with Gasteiger partial charge in [0, 0.05) is 0 Å². The molecule has 0 aliphatic carbocycles. The minimum atomic E-state index is 0. The summed E-state index contributed by atoms with van der Waals surface area (Å²) in [6.07, 6.45) is 34.3. The Morgan fingerprint density at radius 3 is 0.902 bits per heavy atom. The van der Waals surface area contributed by atoms with Gasteiger partial charge in [-0.25, -0.2) is 24.3 Å². The van der Waals surface area contributed by atoms with E-state index < -0.39 is 0 Å². The van der Waals surface area contributed by atoms with Gasteiger partial charge in [-0.3, -0.25) is 0 Å². The van der Waals surface area contributed by atoms with Crippen molar-refractivity contribution in [3.63, 3.8) is 0 Å². The molecule has 0 saturated heterocycles. The zero-order valence-electron chi connectivity index (χ0n) is 28.0. The molecule has 2 rings (SSSR count). The van der Waals surface area contributed by atoms with Gasteiger partial charge in [0.2, 0.25) is 0 Å². The molecular formula is C38H68P2Zr. The van der Waals surface area contributed by atoms with Gasteiger partial charge >= 0.3 is 26.2 Å². The monoisotopic (exact) mass is 676 g/mol.